The topological polar surface area (TPSA) is 144 Å². The number of nitrogens with zero attached hydrogens (tertiary/aromatic N) is 3. The van der Waals surface area contributed by atoms with Gasteiger partial charge in [-0.05, 0) is 24.0 Å². The van der Waals surface area contributed by atoms with Gasteiger partial charge < -0.3 is 14.9 Å². The average molecular weight is 485 g/mol. The fourth-order valence-corrected chi connectivity index (χ4v) is 4.95. The normalized spacial score (nSPS) is 20.7. The van der Waals surface area contributed by atoms with Gasteiger partial charge in [-0.15, -0.1) is 0 Å². The lowest BCUT2D eigenvalue weighted by atomic mass is 9.85. The molecule has 0 saturated carbocycles. The number of carboxylic acid groups (broad SMARTS) is 1. The van der Waals surface area contributed by atoms with Gasteiger partial charge in [0.15, 0.2) is 0 Å². The third kappa shape index (κ3) is 4.75. The Morgan fingerprint density at radius 3 is 2.34 bits per heavy atom. The maximum Gasteiger partial charge on any atom is 0.303 e. The largest absolute Gasteiger partial charge is 0.481 e. The van der Waals surface area contributed by atoms with Crippen LogP contribution in [0.4, 0.5) is 5.69 Å². The van der Waals surface area contributed by atoms with E-state index in [1.165, 1.54) is 0 Å². The first-order valence-electron chi connectivity index (χ1n) is 11.6. The van der Waals surface area contributed by atoms with Crippen molar-refractivity contribution >= 4 is 41.2 Å². The van der Waals surface area contributed by atoms with Gasteiger partial charge in [0.25, 0.3) is 11.8 Å². The molecule has 2 N–H and O–H groups in total. The first kappa shape index (κ1) is 24.4. The van der Waals surface area contributed by atoms with Crippen LogP contribution in [0.2, 0.25) is 0 Å². The zero-order chi connectivity index (χ0) is 25.5. The molecule has 2 fully saturated rings. The van der Waals surface area contributed by atoms with Crippen LogP contribution in [0.15, 0.2) is 18.2 Å². The highest BCUT2D eigenvalue weighted by Crippen LogP contribution is 2.35. The molecule has 35 heavy (non-hydrogen) atoms. The standard InChI is InChI=1S/C24H28N4O7/c1-24(2,13-19(31)32)12-18(30)27-10-8-26(9-11-27)15-5-3-4-14-20(15)23(35)28(22(14)34)16-6-7-17(29)25-21(16)33/h3-5,16H,6-13H2,1-2H3,(H,31,32)(H,25,29,33). The van der Waals surface area contributed by atoms with Gasteiger partial charge in [-0.2, -0.15) is 0 Å². The predicted octanol–water partition coefficient (Wildman–Crippen LogP) is 0.627. The number of anilines is 1. The minimum absolute atomic E-state index is 0.0515. The smallest absolute Gasteiger partial charge is 0.303 e. The van der Waals surface area contributed by atoms with Crippen LogP contribution in [0.25, 0.3) is 0 Å². The zero-order valence-electron chi connectivity index (χ0n) is 19.7. The highest BCUT2D eigenvalue weighted by atomic mass is 16.4. The summed E-state index contributed by atoms with van der Waals surface area (Å²) in [7, 11) is 0. The Morgan fingerprint density at radius 2 is 1.71 bits per heavy atom. The fraction of sp³-hybridized carbons (Fsp3) is 0.500. The molecule has 11 nitrogen and oxygen atoms in total. The molecular weight excluding hydrogens is 456 g/mol. The number of imide groups is 2. The first-order chi connectivity index (χ1) is 16.5. The minimum atomic E-state index is -1.03. The van der Waals surface area contributed by atoms with Crippen LogP contribution in [0.1, 0.15) is 60.2 Å². The number of carbonyl (C=O) groups excluding carboxylic acids is 5. The maximum atomic E-state index is 13.3. The Labute approximate surface area is 202 Å². The molecule has 186 valence electrons. The van der Waals surface area contributed by atoms with Gasteiger partial charge in [-0.25, -0.2) is 0 Å². The second kappa shape index (κ2) is 9.12. The van der Waals surface area contributed by atoms with Crippen molar-refractivity contribution in [2.75, 3.05) is 31.1 Å². The number of rotatable bonds is 6. The van der Waals surface area contributed by atoms with E-state index < -0.39 is 41.1 Å². The van der Waals surface area contributed by atoms with Gasteiger partial charge in [0.2, 0.25) is 17.7 Å². The molecule has 1 aromatic rings. The number of fused-ring (bicyclic) bond motifs is 1. The highest BCUT2D eigenvalue weighted by molar-refractivity contribution is 6.25. The Hall–Kier alpha value is -3.76. The summed E-state index contributed by atoms with van der Waals surface area (Å²) in [6.45, 7) is 5.15. The summed E-state index contributed by atoms with van der Waals surface area (Å²) < 4.78 is 0. The predicted molar refractivity (Wildman–Crippen MR) is 123 cm³/mol. The Balaban J connectivity index is 1.47. The van der Waals surface area contributed by atoms with Crippen LogP contribution >= 0.6 is 0 Å². The number of nitrogens with one attached hydrogen (secondary N) is 1. The van der Waals surface area contributed by atoms with Crippen LogP contribution < -0.4 is 10.2 Å². The molecule has 5 amide bonds. The van der Waals surface area contributed by atoms with Crippen molar-refractivity contribution < 1.29 is 33.9 Å². The van der Waals surface area contributed by atoms with Crippen LogP contribution in [0, 0.1) is 5.41 Å². The van der Waals surface area contributed by atoms with E-state index in [2.05, 4.69) is 5.32 Å². The third-order valence-electron chi connectivity index (χ3n) is 6.68. The molecule has 3 heterocycles. The molecule has 1 aromatic carbocycles. The van der Waals surface area contributed by atoms with E-state index in [9.17, 15) is 28.8 Å². The Bertz CT molecular complexity index is 1120. The van der Waals surface area contributed by atoms with E-state index in [-0.39, 0.29) is 42.7 Å². The Morgan fingerprint density at radius 1 is 1.03 bits per heavy atom. The summed E-state index contributed by atoms with van der Waals surface area (Å²) >= 11 is 0. The van der Waals surface area contributed by atoms with Crippen molar-refractivity contribution in [2.45, 2.75) is 45.6 Å². The first-order valence-corrected chi connectivity index (χ1v) is 11.6. The third-order valence-corrected chi connectivity index (χ3v) is 6.68. The molecule has 0 bridgehead atoms. The highest BCUT2D eigenvalue weighted by Gasteiger charge is 2.46. The molecular formula is C24H28N4O7. The molecule has 11 heteroatoms. The number of piperidine rings is 1. The van der Waals surface area contributed by atoms with Crippen molar-refractivity contribution in [2.24, 2.45) is 5.41 Å². The monoisotopic (exact) mass is 484 g/mol. The molecule has 4 rings (SSSR count). The molecule has 1 atom stereocenters. The molecule has 0 aliphatic carbocycles. The number of aliphatic carboxylic acids is 1. The van der Waals surface area contributed by atoms with E-state index in [4.69, 9.17) is 5.11 Å². The molecule has 0 radical (unpaired) electrons. The SMILES string of the molecule is CC(C)(CC(=O)O)CC(=O)N1CCN(c2cccc3c2C(=O)N(C2CCC(=O)NC2=O)C3=O)CC1. The molecule has 1 unspecified atom stereocenters. The zero-order valence-corrected chi connectivity index (χ0v) is 19.7. The maximum absolute atomic E-state index is 13.3. The van der Waals surface area contributed by atoms with Crippen molar-refractivity contribution in [1.29, 1.82) is 0 Å². The van der Waals surface area contributed by atoms with E-state index in [1.807, 2.05) is 4.90 Å². The number of hydrogen-bond donors (Lipinski definition) is 2. The van der Waals surface area contributed by atoms with Crippen molar-refractivity contribution in [3.63, 3.8) is 0 Å². The fourth-order valence-electron chi connectivity index (χ4n) is 4.95. The number of carboxylic acids is 1. The lowest BCUT2D eigenvalue weighted by Crippen LogP contribution is -2.54. The summed E-state index contributed by atoms with van der Waals surface area (Å²) in [5, 5.41) is 11.2. The second-order valence-corrected chi connectivity index (χ2v) is 9.93. The van der Waals surface area contributed by atoms with Gasteiger partial charge in [0.1, 0.15) is 6.04 Å². The van der Waals surface area contributed by atoms with Crippen LogP contribution in [-0.4, -0.2) is 82.6 Å². The number of piperazine rings is 1. The van der Waals surface area contributed by atoms with Crippen molar-refractivity contribution in [3.05, 3.63) is 29.3 Å². The summed E-state index contributed by atoms with van der Waals surface area (Å²) in [5.74, 6) is -3.28. The summed E-state index contributed by atoms with van der Waals surface area (Å²) in [4.78, 5) is 78.5. The second-order valence-electron chi connectivity index (χ2n) is 9.93. The van der Waals surface area contributed by atoms with E-state index >= 15 is 0 Å². The Kier molecular flexibility index (Phi) is 6.35. The minimum Gasteiger partial charge on any atom is -0.481 e. The average Bonchev–Trinajstić information content (AvgIpc) is 3.03. The van der Waals surface area contributed by atoms with Crippen molar-refractivity contribution in [1.82, 2.24) is 15.1 Å². The molecule has 0 spiro atoms. The van der Waals surface area contributed by atoms with Gasteiger partial charge in [-0.3, -0.25) is 39.0 Å². The van der Waals surface area contributed by atoms with Crippen molar-refractivity contribution in [3.8, 4) is 0 Å². The van der Waals surface area contributed by atoms with Gasteiger partial charge in [0, 0.05) is 39.0 Å². The van der Waals surface area contributed by atoms with Gasteiger partial charge in [0.05, 0.1) is 23.2 Å². The number of benzene rings is 1. The number of carbonyl (C=O) groups is 6. The van der Waals surface area contributed by atoms with E-state index in [1.54, 1.807) is 36.9 Å². The summed E-state index contributed by atoms with van der Waals surface area (Å²) in [6.07, 6.45) is 0.156. The molecule has 0 aromatic heterocycles. The van der Waals surface area contributed by atoms with Crippen LogP contribution in [-0.2, 0) is 19.2 Å². The molecule has 3 aliphatic heterocycles. The molecule has 3 aliphatic rings. The lowest BCUT2D eigenvalue weighted by Gasteiger charge is -2.38. The van der Waals surface area contributed by atoms with E-state index in [0.717, 1.165) is 4.90 Å². The summed E-state index contributed by atoms with van der Waals surface area (Å²) in [5.41, 5.74) is 0.344. The van der Waals surface area contributed by atoms with E-state index in [0.29, 0.717) is 31.9 Å². The van der Waals surface area contributed by atoms with Gasteiger partial charge >= 0.3 is 5.97 Å². The number of hydrogen-bond acceptors (Lipinski definition) is 7. The summed E-state index contributed by atoms with van der Waals surface area (Å²) in [6, 6.07) is 3.94. The molecule has 2 saturated heterocycles. The van der Waals surface area contributed by atoms with Gasteiger partial charge in [-0.1, -0.05) is 19.9 Å². The number of amides is 5. The quantitative estimate of drug-likeness (QED) is 0.560. The van der Waals surface area contributed by atoms with Crippen LogP contribution in [0.3, 0.4) is 0 Å². The lowest BCUT2D eigenvalue weighted by molar-refractivity contribution is -0.141. The van der Waals surface area contributed by atoms with Crippen LogP contribution in [0.5, 0.6) is 0 Å².